The van der Waals surface area contributed by atoms with E-state index in [-0.39, 0.29) is 18.4 Å². The van der Waals surface area contributed by atoms with E-state index >= 15 is 0 Å². The molecular formula is C29H29N5O5. The number of rotatable bonds is 8. The lowest BCUT2D eigenvalue weighted by atomic mass is 10.2. The summed E-state index contributed by atoms with van der Waals surface area (Å²) in [5.74, 6) is 3.04. The van der Waals surface area contributed by atoms with Gasteiger partial charge in [-0.1, -0.05) is 18.2 Å². The number of hydrogen-bond donors (Lipinski definition) is 1. The van der Waals surface area contributed by atoms with Crippen LogP contribution in [0.3, 0.4) is 0 Å². The predicted octanol–water partition coefficient (Wildman–Crippen LogP) is 4.75. The molecule has 5 rings (SSSR count). The van der Waals surface area contributed by atoms with E-state index < -0.39 is 0 Å². The minimum Gasteiger partial charge on any atom is -0.493 e. The molecule has 4 aromatic rings. The number of urea groups is 1. The monoisotopic (exact) mass is 527 g/mol. The summed E-state index contributed by atoms with van der Waals surface area (Å²) < 4.78 is 16.9. The van der Waals surface area contributed by atoms with Crippen molar-refractivity contribution in [1.29, 1.82) is 0 Å². The van der Waals surface area contributed by atoms with Crippen molar-refractivity contribution in [3.05, 3.63) is 73.1 Å². The molecule has 0 spiro atoms. The molecule has 39 heavy (non-hydrogen) atoms. The quantitative estimate of drug-likeness (QED) is 0.350. The number of Topliss-reactive ketones (excluding diaryl/α,β-unsaturated/α-hetero) is 1. The molecule has 0 unspecified atom stereocenters. The second-order valence-electron chi connectivity index (χ2n) is 9.05. The van der Waals surface area contributed by atoms with Gasteiger partial charge < -0.3 is 29.3 Å². The van der Waals surface area contributed by atoms with Gasteiger partial charge in [0.2, 0.25) is 0 Å². The van der Waals surface area contributed by atoms with E-state index in [1.54, 1.807) is 24.1 Å². The third-order valence-corrected chi connectivity index (χ3v) is 6.28. The summed E-state index contributed by atoms with van der Waals surface area (Å²) in [5.41, 5.74) is 1.39. The van der Waals surface area contributed by atoms with Crippen LogP contribution in [0.1, 0.15) is 6.92 Å². The summed E-state index contributed by atoms with van der Waals surface area (Å²) in [6.07, 6.45) is 1.51. The fourth-order valence-corrected chi connectivity index (χ4v) is 4.31. The fourth-order valence-electron chi connectivity index (χ4n) is 4.31. The van der Waals surface area contributed by atoms with E-state index in [4.69, 9.17) is 14.2 Å². The number of methoxy groups -OCH3 is 1. The maximum atomic E-state index is 12.9. The summed E-state index contributed by atoms with van der Waals surface area (Å²) in [5, 5.41) is 3.74. The van der Waals surface area contributed by atoms with E-state index in [1.807, 2.05) is 54.6 Å². The zero-order valence-electron chi connectivity index (χ0n) is 21.8. The van der Waals surface area contributed by atoms with Crippen molar-refractivity contribution in [2.45, 2.75) is 6.92 Å². The minimum absolute atomic E-state index is 0.0541. The number of anilines is 2. The average molecular weight is 528 g/mol. The van der Waals surface area contributed by atoms with Crippen LogP contribution in [0.15, 0.2) is 73.1 Å². The molecule has 0 bridgehead atoms. The minimum atomic E-state index is -0.163. The number of nitrogens with one attached hydrogen (secondary N) is 1. The molecule has 1 saturated heterocycles. The SMILES string of the molecule is COc1cc2ncnc(N3CCN(C(=O)Nc4ccc(Oc5ccccc5)cc4)CC3)c2cc1OCC(C)=O. The van der Waals surface area contributed by atoms with Crippen molar-refractivity contribution in [2.75, 3.05) is 50.1 Å². The van der Waals surface area contributed by atoms with E-state index in [0.717, 1.165) is 17.0 Å². The summed E-state index contributed by atoms with van der Waals surface area (Å²) in [7, 11) is 1.54. The molecule has 10 nitrogen and oxygen atoms in total. The Hall–Kier alpha value is -4.86. The molecule has 1 fully saturated rings. The van der Waals surface area contributed by atoms with Crippen LogP contribution in [0.5, 0.6) is 23.0 Å². The number of piperazine rings is 1. The lowest BCUT2D eigenvalue weighted by Crippen LogP contribution is -2.50. The smallest absolute Gasteiger partial charge is 0.321 e. The number of ether oxygens (including phenoxy) is 3. The van der Waals surface area contributed by atoms with Crippen molar-refractivity contribution in [3.8, 4) is 23.0 Å². The van der Waals surface area contributed by atoms with Crippen molar-refractivity contribution >= 4 is 34.2 Å². The van der Waals surface area contributed by atoms with Gasteiger partial charge in [0, 0.05) is 43.3 Å². The van der Waals surface area contributed by atoms with Gasteiger partial charge in [0.1, 0.15) is 30.3 Å². The number of para-hydroxylation sites is 1. The third kappa shape index (κ3) is 6.18. The standard InChI is InChI=1S/C29H29N5O5/c1-20(35)18-38-27-16-24-25(17-26(27)37-2)30-19-31-28(24)33-12-14-34(15-13-33)29(36)32-21-8-10-23(11-9-21)39-22-6-4-3-5-7-22/h3-11,16-17,19H,12-15,18H2,1-2H3,(H,32,36). The van der Waals surface area contributed by atoms with Crippen LogP contribution in [0.4, 0.5) is 16.3 Å². The summed E-state index contributed by atoms with van der Waals surface area (Å²) in [6.45, 7) is 3.65. The zero-order chi connectivity index (χ0) is 27.2. The molecule has 0 saturated carbocycles. The highest BCUT2D eigenvalue weighted by Gasteiger charge is 2.24. The van der Waals surface area contributed by atoms with Crippen LogP contribution in [0.2, 0.25) is 0 Å². The van der Waals surface area contributed by atoms with Gasteiger partial charge in [-0.3, -0.25) is 4.79 Å². The van der Waals surface area contributed by atoms with E-state index in [9.17, 15) is 9.59 Å². The number of amides is 2. The Morgan fingerprint density at radius 2 is 1.62 bits per heavy atom. The molecule has 10 heteroatoms. The van der Waals surface area contributed by atoms with Gasteiger partial charge in [-0.05, 0) is 49.4 Å². The number of aromatic nitrogens is 2. The number of carbonyl (C=O) groups is 2. The fraction of sp³-hybridized carbons (Fsp3) is 0.241. The van der Waals surface area contributed by atoms with Crippen LogP contribution >= 0.6 is 0 Å². The van der Waals surface area contributed by atoms with Crippen LogP contribution in [-0.2, 0) is 4.79 Å². The molecule has 2 heterocycles. The van der Waals surface area contributed by atoms with Crippen molar-refractivity contribution < 1.29 is 23.8 Å². The van der Waals surface area contributed by atoms with Crippen LogP contribution in [-0.4, -0.2) is 66.6 Å². The van der Waals surface area contributed by atoms with Crippen molar-refractivity contribution in [3.63, 3.8) is 0 Å². The Bertz CT molecular complexity index is 1450. The molecule has 2 amide bonds. The van der Waals surface area contributed by atoms with Crippen molar-refractivity contribution in [2.24, 2.45) is 0 Å². The lowest BCUT2D eigenvalue weighted by molar-refractivity contribution is -0.118. The molecule has 3 aromatic carbocycles. The number of carbonyl (C=O) groups excluding carboxylic acids is 2. The van der Waals surface area contributed by atoms with Crippen molar-refractivity contribution in [1.82, 2.24) is 14.9 Å². The Balaban J connectivity index is 1.22. The molecule has 0 aliphatic carbocycles. The van der Waals surface area contributed by atoms with E-state index in [1.165, 1.54) is 13.3 Å². The summed E-state index contributed by atoms with van der Waals surface area (Å²) in [4.78, 5) is 37.1. The second-order valence-corrected chi connectivity index (χ2v) is 9.05. The van der Waals surface area contributed by atoms with Crippen LogP contribution in [0.25, 0.3) is 10.9 Å². The van der Waals surface area contributed by atoms with E-state index in [2.05, 4.69) is 20.2 Å². The number of benzene rings is 3. The number of nitrogens with zero attached hydrogens (tertiary/aromatic N) is 4. The summed E-state index contributed by atoms with van der Waals surface area (Å²) in [6, 6.07) is 20.2. The van der Waals surface area contributed by atoms with Gasteiger partial charge >= 0.3 is 6.03 Å². The lowest BCUT2D eigenvalue weighted by Gasteiger charge is -2.35. The Morgan fingerprint density at radius 1 is 0.897 bits per heavy atom. The molecule has 200 valence electrons. The highest BCUT2D eigenvalue weighted by Crippen LogP contribution is 2.35. The largest absolute Gasteiger partial charge is 0.493 e. The Labute approximate surface area is 226 Å². The first-order valence-corrected chi connectivity index (χ1v) is 12.6. The first-order valence-electron chi connectivity index (χ1n) is 12.6. The molecule has 1 aliphatic rings. The highest BCUT2D eigenvalue weighted by atomic mass is 16.5. The predicted molar refractivity (Wildman–Crippen MR) is 148 cm³/mol. The average Bonchev–Trinajstić information content (AvgIpc) is 2.97. The van der Waals surface area contributed by atoms with Gasteiger partial charge in [0.05, 0.1) is 12.6 Å². The molecular weight excluding hydrogens is 498 g/mol. The van der Waals surface area contributed by atoms with Gasteiger partial charge in [-0.15, -0.1) is 0 Å². The number of hydrogen-bond acceptors (Lipinski definition) is 8. The first kappa shape index (κ1) is 25.8. The number of fused-ring (bicyclic) bond motifs is 1. The highest BCUT2D eigenvalue weighted by molar-refractivity contribution is 5.93. The normalized spacial score (nSPS) is 13.2. The Kier molecular flexibility index (Phi) is 7.72. The molecule has 1 aromatic heterocycles. The molecule has 0 radical (unpaired) electrons. The van der Waals surface area contributed by atoms with Gasteiger partial charge in [-0.2, -0.15) is 0 Å². The molecule has 1 N–H and O–H groups in total. The summed E-state index contributed by atoms with van der Waals surface area (Å²) >= 11 is 0. The van der Waals surface area contributed by atoms with Crippen LogP contribution < -0.4 is 24.4 Å². The van der Waals surface area contributed by atoms with E-state index in [0.29, 0.717) is 54.6 Å². The first-order chi connectivity index (χ1) is 19.0. The second kappa shape index (κ2) is 11.7. The maximum Gasteiger partial charge on any atom is 0.321 e. The van der Waals surface area contributed by atoms with Gasteiger partial charge in [-0.25, -0.2) is 14.8 Å². The topological polar surface area (TPSA) is 106 Å². The van der Waals surface area contributed by atoms with Crippen LogP contribution in [0, 0.1) is 0 Å². The zero-order valence-corrected chi connectivity index (χ0v) is 21.8. The molecule has 1 aliphatic heterocycles. The Morgan fingerprint density at radius 3 is 2.31 bits per heavy atom. The van der Waals surface area contributed by atoms with Gasteiger partial charge in [0.15, 0.2) is 17.3 Å². The maximum absolute atomic E-state index is 12.9. The van der Waals surface area contributed by atoms with Gasteiger partial charge in [0.25, 0.3) is 0 Å². The third-order valence-electron chi connectivity index (χ3n) is 6.28. The number of ketones is 1. The molecule has 0 atom stereocenters.